The van der Waals surface area contributed by atoms with E-state index in [1.54, 1.807) is 4.90 Å². The smallest absolute Gasteiger partial charge is 0.395 e. The van der Waals surface area contributed by atoms with Gasteiger partial charge < -0.3 is 15.1 Å². The summed E-state index contributed by atoms with van der Waals surface area (Å²) in [7, 11) is 0. The van der Waals surface area contributed by atoms with Crippen LogP contribution < -0.4 is 4.90 Å². The van der Waals surface area contributed by atoms with Crippen molar-refractivity contribution in [2.45, 2.75) is 31.0 Å². The summed E-state index contributed by atoms with van der Waals surface area (Å²) in [6.07, 6.45) is -3.65. The molecule has 2 rings (SSSR count). The predicted molar refractivity (Wildman–Crippen MR) is 73.1 cm³/mol. The van der Waals surface area contributed by atoms with E-state index in [1.807, 2.05) is 0 Å². The van der Waals surface area contributed by atoms with E-state index in [-0.39, 0.29) is 51.4 Å². The fourth-order valence-electron chi connectivity index (χ4n) is 2.61. The van der Waals surface area contributed by atoms with E-state index in [4.69, 9.17) is 10.4 Å². The van der Waals surface area contributed by atoms with Crippen LogP contribution in [-0.2, 0) is 38.9 Å². The van der Waals surface area contributed by atoms with E-state index < -0.39 is 22.9 Å². The van der Waals surface area contributed by atoms with Crippen molar-refractivity contribution in [2.75, 3.05) is 24.6 Å². The summed E-state index contributed by atoms with van der Waals surface area (Å²) in [5.41, 5.74) is -2.23. The summed E-state index contributed by atoms with van der Waals surface area (Å²) in [6.45, 7) is 0.615. The van der Waals surface area contributed by atoms with Gasteiger partial charge in [0.25, 0.3) is 0 Å². The minimum absolute atomic E-state index is 0. The van der Waals surface area contributed by atoms with E-state index in [0.717, 1.165) is 6.07 Å². The molecule has 1 radical (unpaired) electrons. The van der Waals surface area contributed by atoms with Gasteiger partial charge in [0.1, 0.15) is 0 Å². The molecular weight excluding hydrogens is 386 g/mol. The Hall–Kier alpha value is -0.676. The first-order valence-electron chi connectivity index (χ1n) is 6.91. The van der Waals surface area contributed by atoms with Crippen molar-refractivity contribution in [1.29, 1.82) is 5.26 Å². The molecule has 1 heterocycles. The zero-order valence-electron chi connectivity index (χ0n) is 12.4. The fourth-order valence-corrected chi connectivity index (χ4v) is 2.61. The summed E-state index contributed by atoms with van der Waals surface area (Å²) >= 11 is 0. The van der Waals surface area contributed by atoms with E-state index in [0.29, 0.717) is 25.9 Å². The molecule has 2 N–H and O–H groups in total. The van der Waals surface area contributed by atoms with Crippen LogP contribution in [0.1, 0.15) is 30.4 Å². The largest absolute Gasteiger partial charge is 0.396 e. The average molecular weight is 402 g/mol. The molecule has 0 aliphatic carbocycles. The molecule has 0 spiro atoms. The molecule has 23 heavy (non-hydrogen) atoms. The van der Waals surface area contributed by atoms with Crippen LogP contribution in [0.2, 0.25) is 0 Å². The monoisotopic (exact) mass is 402 g/mol. The van der Waals surface area contributed by atoms with E-state index in [1.165, 1.54) is 12.1 Å². The normalized spacial score (nSPS) is 17.3. The fraction of sp³-hybridized carbons (Fsp3) is 0.533. The maximum absolute atomic E-state index is 12.9. The van der Waals surface area contributed by atoms with Gasteiger partial charge in [-0.05, 0) is 30.4 Å². The summed E-state index contributed by atoms with van der Waals surface area (Å²) in [5.74, 6) is 0. The topological polar surface area (TPSA) is 67.5 Å². The van der Waals surface area contributed by atoms with Crippen LogP contribution in [0.5, 0.6) is 0 Å². The van der Waals surface area contributed by atoms with Gasteiger partial charge in [0.2, 0.25) is 0 Å². The minimum atomic E-state index is -4.63. The van der Waals surface area contributed by atoms with Crippen molar-refractivity contribution in [3.63, 3.8) is 0 Å². The van der Waals surface area contributed by atoms with Crippen LogP contribution in [0.15, 0.2) is 12.1 Å². The molecule has 1 saturated heterocycles. The number of alkyl halides is 3. The van der Waals surface area contributed by atoms with Crippen LogP contribution in [0, 0.1) is 17.4 Å². The second kappa shape index (κ2) is 7.93. The van der Waals surface area contributed by atoms with Gasteiger partial charge in [-0.2, -0.15) is 19.2 Å². The summed E-state index contributed by atoms with van der Waals surface area (Å²) in [5, 5.41) is 27.9. The maximum Gasteiger partial charge on any atom is 0.395 e. The first-order chi connectivity index (χ1) is 10.3. The molecule has 0 saturated carbocycles. The van der Waals surface area contributed by atoms with Crippen LogP contribution in [0.3, 0.4) is 0 Å². The summed E-state index contributed by atoms with van der Waals surface area (Å²) < 4.78 is 38.8. The summed E-state index contributed by atoms with van der Waals surface area (Å²) in [6, 6.07) is 6.38. The van der Waals surface area contributed by atoms with Crippen molar-refractivity contribution in [3.8, 4) is 6.07 Å². The molecular formula is C15H16F3N2O2Y-. The number of piperidine rings is 1. The Balaban J connectivity index is 0.00000264. The predicted octanol–water partition coefficient (Wildman–Crippen LogP) is 2.09. The number of halogens is 3. The molecule has 0 aromatic heterocycles. The molecule has 4 nitrogen and oxygen atoms in total. The van der Waals surface area contributed by atoms with E-state index in [2.05, 4.69) is 6.07 Å². The Morgan fingerprint density at radius 1 is 1.30 bits per heavy atom. The van der Waals surface area contributed by atoms with Crippen LogP contribution in [-0.4, -0.2) is 35.5 Å². The Labute approximate surface area is 157 Å². The third-order valence-corrected chi connectivity index (χ3v) is 3.95. The van der Waals surface area contributed by atoms with Crippen LogP contribution in [0.25, 0.3) is 0 Å². The number of hydrogen-bond acceptors (Lipinski definition) is 4. The van der Waals surface area contributed by atoms with Gasteiger partial charge in [-0.3, -0.25) is 0 Å². The van der Waals surface area contributed by atoms with E-state index in [9.17, 15) is 18.3 Å². The second-order valence-corrected chi connectivity index (χ2v) is 5.43. The van der Waals surface area contributed by atoms with E-state index >= 15 is 0 Å². The van der Waals surface area contributed by atoms with Gasteiger partial charge in [-0.25, -0.2) is 5.26 Å². The van der Waals surface area contributed by atoms with Crippen LogP contribution in [0.4, 0.5) is 18.9 Å². The van der Waals surface area contributed by atoms with Gasteiger partial charge in [-0.15, -0.1) is 12.1 Å². The van der Waals surface area contributed by atoms with Crippen molar-refractivity contribution in [2.24, 2.45) is 0 Å². The Kier molecular flexibility index (Phi) is 7.02. The molecule has 0 bridgehead atoms. The van der Waals surface area contributed by atoms with Crippen molar-refractivity contribution >= 4 is 5.69 Å². The quantitative estimate of drug-likeness (QED) is 0.761. The number of benzene rings is 1. The van der Waals surface area contributed by atoms with Gasteiger partial charge in [-0.1, -0.05) is 5.69 Å². The number of hydrogen-bond donors (Lipinski definition) is 2. The molecule has 1 aliphatic heterocycles. The molecule has 8 heteroatoms. The molecule has 1 aliphatic rings. The number of aliphatic hydroxyl groups is 2. The van der Waals surface area contributed by atoms with Gasteiger partial charge >= 0.3 is 6.18 Å². The summed E-state index contributed by atoms with van der Waals surface area (Å²) in [4.78, 5) is 1.70. The minimum Gasteiger partial charge on any atom is -0.396 e. The maximum atomic E-state index is 12.9. The number of anilines is 1. The zero-order chi connectivity index (χ0) is 16.4. The molecule has 0 unspecified atom stereocenters. The van der Waals surface area contributed by atoms with Crippen LogP contribution >= 0.6 is 0 Å². The third kappa shape index (κ3) is 4.90. The SMILES string of the molecule is N#Cc1ccc(N2CCC(O)(CCO)CC2)[c-]c1C(F)(F)F.[Y]. The molecule has 0 amide bonds. The van der Waals surface area contributed by atoms with Gasteiger partial charge in [0, 0.05) is 58.5 Å². The van der Waals surface area contributed by atoms with Crippen molar-refractivity contribution in [1.82, 2.24) is 0 Å². The Morgan fingerprint density at radius 3 is 2.39 bits per heavy atom. The molecule has 0 atom stereocenters. The number of rotatable bonds is 3. The van der Waals surface area contributed by atoms with Gasteiger partial charge in [0.05, 0.1) is 5.60 Å². The Morgan fingerprint density at radius 2 is 1.91 bits per heavy atom. The molecule has 1 aromatic rings. The van der Waals surface area contributed by atoms with Crippen molar-refractivity contribution in [3.05, 3.63) is 29.3 Å². The average Bonchev–Trinajstić information content (AvgIpc) is 2.46. The number of aliphatic hydroxyl groups excluding tert-OH is 1. The number of nitriles is 1. The first-order valence-corrected chi connectivity index (χ1v) is 6.91. The zero-order valence-corrected chi connectivity index (χ0v) is 15.2. The molecule has 1 aromatic carbocycles. The number of nitrogens with zero attached hydrogens (tertiary/aromatic N) is 2. The van der Waals surface area contributed by atoms with Crippen molar-refractivity contribution < 1.29 is 56.1 Å². The standard InChI is InChI=1S/C15H16F3N2O2.Y/c16-15(17,18)13-9-12(2-1-11(13)10-19)20-6-3-14(22,4-7-20)5-8-21;/h1-2,21-22H,3-8H2;/q-1;. The first kappa shape index (κ1) is 20.4. The van der Waals surface area contributed by atoms with Gasteiger partial charge in [0.15, 0.2) is 0 Å². The Bertz CT molecular complexity index is 579. The second-order valence-electron chi connectivity index (χ2n) is 5.43. The third-order valence-electron chi connectivity index (χ3n) is 3.95. The molecule has 123 valence electrons. The molecule has 1 fully saturated rings.